The number of rotatable bonds is 7. The number of ether oxygens (including phenoxy) is 2. The van der Waals surface area contributed by atoms with Gasteiger partial charge in [0, 0.05) is 30.2 Å². The van der Waals surface area contributed by atoms with Gasteiger partial charge in [-0.3, -0.25) is 9.78 Å². The molecule has 2 atom stereocenters. The highest BCUT2D eigenvalue weighted by atomic mass is 19.4. The molecule has 1 aliphatic carbocycles. The highest BCUT2D eigenvalue weighted by Gasteiger charge is 2.46. The molecule has 1 N–H and O–H groups in total. The van der Waals surface area contributed by atoms with Gasteiger partial charge in [-0.25, -0.2) is 0 Å². The molecule has 0 radical (unpaired) electrons. The fourth-order valence-electron chi connectivity index (χ4n) is 3.39. The van der Waals surface area contributed by atoms with E-state index < -0.39 is 29.6 Å². The minimum Gasteiger partial charge on any atom is -0.481 e. The first-order valence-electron chi connectivity index (χ1n) is 9.99. The van der Waals surface area contributed by atoms with E-state index in [9.17, 15) is 18.0 Å². The first-order valence-corrected chi connectivity index (χ1v) is 9.99. The Labute approximate surface area is 176 Å². The van der Waals surface area contributed by atoms with Crippen molar-refractivity contribution in [1.29, 1.82) is 0 Å². The van der Waals surface area contributed by atoms with Gasteiger partial charge in [0.1, 0.15) is 17.5 Å². The Hall–Kier alpha value is -2.69. The molecular formula is C20H23F3N4O4. The molecule has 11 heteroatoms. The van der Waals surface area contributed by atoms with Crippen molar-refractivity contribution in [2.24, 2.45) is 5.41 Å². The topological polar surface area (TPSA) is 99.4 Å². The van der Waals surface area contributed by atoms with Gasteiger partial charge in [0.25, 0.3) is 5.91 Å². The van der Waals surface area contributed by atoms with E-state index in [1.165, 1.54) is 12.3 Å². The van der Waals surface area contributed by atoms with Gasteiger partial charge in [0.05, 0.1) is 13.2 Å². The first kappa shape index (κ1) is 21.5. The fourth-order valence-corrected chi connectivity index (χ4v) is 3.39. The van der Waals surface area contributed by atoms with Gasteiger partial charge in [-0.1, -0.05) is 6.92 Å². The summed E-state index contributed by atoms with van der Waals surface area (Å²) in [7, 11) is 0. The third-order valence-electron chi connectivity index (χ3n) is 5.53. The Morgan fingerprint density at radius 3 is 2.55 bits per heavy atom. The highest BCUT2D eigenvalue weighted by Crippen LogP contribution is 2.45. The summed E-state index contributed by atoms with van der Waals surface area (Å²) in [5.74, 6) is 0.118. The van der Waals surface area contributed by atoms with Gasteiger partial charge >= 0.3 is 6.18 Å². The minimum absolute atomic E-state index is 0.0239. The minimum atomic E-state index is -4.52. The monoisotopic (exact) mass is 440 g/mol. The van der Waals surface area contributed by atoms with Gasteiger partial charge in [-0.15, -0.1) is 10.2 Å². The van der Waals surface area contributed by atoms with E-state index in [1.54, 1.807) is 6.92 Å². The van der Waals surface area contributed by atoms with Crippen molar-refractivity contribution in [3.63, 3.8) is 0 Å². The lowest BCUT2D eigenvalue weighted by molar-refractivity contribution is -0.189. The number of aromatic nitrogens is 3. The van der Waals surface area contributed by atoms with E-state index in [1.807, 2.05) is 6.92 Å². The van der Waals surface area contributed by atoms with Crippen LogP contribution in [-0.2, 0) is 4.74 Å². The van der Waals surface area contributed by atoms with E-state index in [-0.39, 0.29) is 23.3 Å². The zero-order chi connectivity index (χ0) is 22.4. The number of carbonyl (C=O) groups is 1. The van der Waals surface area contributed by atoms with Crippen LogP contribution in [0.5, 0.6) is 5.75 Å². The lowest BCUT2D eigenvalue weighted by atomic mass is 9.80. The molecule has 168 valence electrons. The quantitative estimate of drug-likeness (QED) is 0.704. The Kier molecular flexibility index (Phi) is 5.40. The van der Waals surface area contributed by atoms with Crippen LogP contribution >= 0.6 is 0 Å². The molecule has 0 aromatic carbocycles. The number of alkyl halides is 3. The van der Waals surface area contributed by atoms with Crippen LogP contribution in [0.1, 0.15) is 66.5 Å². The van der Waals surface area contributed by atoms with E-state index >= 15 is 0 Å². The number of nitrogens with one attached hydrogen (secondary N) is 1. The number of aryl methyl sites for hydroxylation is 1. The molecule has 31 heavy (non-hydrogen) atoms. The van der Waals surface area contributed by atoms with Gasteiger partial charge in [-0.2, -0.15) is 13.2 Å². The largest absolute Gasteiger partial charge is 0.481 e. The maximum absolute atomic E-state index is 13.0. The molecule has 4 rings (SSSR count). The Bertz CT molecular complexity index is 970. The van der Waals surface area contributed by atoms with Crippen LogP contribution in [-0.4, -0.2) is 46.6 Å². The summed E-state index contributed by atoms with van der Waals surface area (Å²) < 4.78 is 55.1. The number of halogens is 3. The summed E-state index contributed by atoms with van der Waals surface area (Å²) in [6.07, 6.45) is -3.41. The Morgan fingerprint density at radius 1 is 1.32 bits per heavy atom. The Balaban J connectivity index is 1.59. The normalized spacial score (nSPS) is 19.9. The van der Waals surface area contributed by atoms with Crippen molar-refractivity contribution in [3.8, 4) is 5.75 Å². The van der Waals surface area contributed by atoms with Crippen LogP contribution in [0.15, 0.2) is 16.7 Å². The molecule has 2 aromatic heterocycles. The third kappa shape index (κ3) is 4.51. The molecule has 2 aliphatic rings. The average Bonchev–Trinajstić information content (AvgIpc) is 3.44. The summed E-state index contributed by atoms with van der Waals surface area (Å²) in [6.45, 7) is 5.24. The highest BCUT2D eigenvalue weighted by molar-refractivity contribution is 5.93. The van der Waals surface area contributed by atoms with E-state index in [2.05, 4.69) is 20.5 Å². The predicted octanol–water partition coefficient (Wildman–Crippen LogP) is 3.49. The average molecular weight is 440 g/mol. The van der Waals surface area contributed by atoms with Crippen LogP contribution < -0.4 is 10.1 Å². The third-order valence-corrected chi connectivity index (χ3v) is 5.53. The maximum Gasteiger partial charge on any atom is 0.425 e. The predicted molar refractivity (Wildman–Crippen MR) is 101 cm³/mol. The zero-order valence-corrected chi connectivity index (χ0v) is 17.3. The van der Waals surface area contributed by atoms with Gasteiger partial charge < -0.3 is 19.2 Å². The first-order chi connectivity index (χ1) is 14.6. The van der Waals surface area contributed by atoms with Crippen LogP contribution in [0, 0.1) is 12.3 Å². The summed E-state index contributed by atoms with van der Waals surface area (Å²) in [5.41, 5.74) is 0.0575. The van der Waals surface area contributed by atoms with Crippen LogP contribution in [0.25, 0.3) is 0 Å². The molecular weight excluding hydrogens is 417 g/mol. The molecule has 0 spiro atoms. The molecule has 2 aromatic rings. The number of hydrogen-bond donors (Lipinski definition) is 1. The SMILES string of the molecule is Cc1nnc(C(NC(=O)c2cc(OC(C)C(F)(F)F)c(C3CC3)cn2)C2(C)COC2)o1. The van der Waals surface area contributed by atoms with Crippen molar-refractivity contribution >= 4 is 5.91 Å². The molecule has 3 heterocycles. The van der Waals surface area contributed by atoms with E-state index in [0.717, 1.165) is 19.8 Å². The van der Waals surface area contributed by atoms with Crippen molar-refractivity contribution in [2.75, 3.05) is 13.2 Å². The molecule has 2 fully saturated rings. The van der Waals surface area contributed by atoms with Crippen LogP contribution in [0.4, 0.5) is 13.2 Å². The molecule has 8 nitrogen and oxygen atoms in total. The fraction of sp³-hybridized carbons (Fsp3) is 0.600. The molecule has 1 saturated carbocycles. The van der Waals surface area contributed by atoms with Gasteiger partial charge in [-0.05, 0) is 25.7 Å². The number of amides is 1. The summed E-state index contributed by atoms with van der Waals surface area (Å²) in [5, 5.41) is 10.7. The van der Waals surface area contributed by atoms with Crippen molar-refractivity contribution in [1.82, 2.24) is 20.5 Å². The number of carbonyl (C=O) groups excluding carboxylic acids is 1. The second-order valence-corrected chi connectivity index (χ2v) is 8.40. The van der Waals surface area contributed by atoms with Crippen molar-refractivity contribution in [3.05, 3.63) is 35.3 Å². The van der Waals surface area contributed by atoms with Crippen molar-refractivity contribution in [2.45, 2.75) is 57.9 Å². The summed E-state index contributed by atoms with van der Waals surface area (Å²) in [4.78, 5) is 17.1. The van der Waals surface area contributed by atoms with Crippen LogP contribution in [0.3, 0.4) is 0 Å². The van der Waals surface area contributed by atoms with Gasteiger partial charge in [0.15, 0.2) is 6.10 Å². The molecule has 1 amide bonds. The van der Waals surface area contributed by atoms with Gasteiger partial charge in [0.2, 0.25) is 11.8 Å². The van der Waals surface area contributed by atoms with E-state index in [0.29, 0.717) is 24.7 Å². The zero-order valence-electron chi connectivity index (χ0n) is 17.3. The summed E-state index contributed by atoms with van der Waals surface area (Å²) in [6, 6.07) is 0.624. The molecule has 2 unspecified atom stereocenters. The lowest BCUT2D eigenvalue weighted by Crippen LogP contribution is -2.51. The molecule has 0 bridgehead atoms. The number of nitrogens with zero attached hydrogens (tertiary/aromatic N) is 3. The lowest BCUT2D eigenvalue weighted by Gasteiger charge is -2.42. The standard InChI is InChI=1S/C20H23F3N4O4/c1-10(20(21,22)23)30-15-6-14(24-7-13(15)12-4-5-12)17(28)25-16(19(3)8-29-9-19)18-27-26-11(2)31-18/h6-7,10,12,16H,4-5,8-9H2,1-3H3,(H,25,28). The molecule has 1 aliphatic heterocycles. The second-order valence-electron chi connectivity index (χ2n) is 8.40. The second kappa shape index (κ2) is 7.77. The maximum atomic E-state index is 13.0. The van der Waals surface area contributed by atoms with E-state index in [4.69, 9.17) is 13.9 Å². The van der Waals surface area contributed by atoms with Crippen LogP contribution in [0.2, 0.25) is 0 Å². The summed E-state index contributed by atoms with van der Waals surface area (Å²) >= 11 is 0. The smallest absolute Gasteiger partial charge is 0.425 e. The molecule has 1 saturated heterocycles. The number of pyridine rings is 1. The van der Waals surface area contributed by atoms with Crippen molar-refractivity contribution < 1.29 is 31.9 Å². The Morgan fingerprint density at radius 2 is 2.03 bits per heavy atom. The number of hydrogen-bond acceptors (Lipinski definition) is 7.